The van der Waals surface area contributed by atoms with Gasteiger partial charge in [0, 0.05) is 55.1 Å². The molecule has 0 saturated carbocycles. The molecule has 156 valence electrons. The minimum atomic E-state index is -0.480. The van der Waals surface area contributed by atoms with E-state index in [1.165, 1.54) is 11.1 Å². The number of halogens is 1. The molecule has 1 heterocycles. The Morgan fingerprint density at radius 1 is 1.32 bits per heavy atom. The Morgan fingerprint density at radius 3 is 2.54 bits per heavy atom. The topological polar surface area (TPSA) is 58.8 Å². The fraction of sp³-hybridized carbons (Fsp3) is 0.619. The highest BCUT2D eigenvalue weighted by molar-refractivity contribution is 7.80. The maximum Gasteiger partial charge on any atom is 0.410 e. The number of carbonyl (C=O) groups excluding carboxylic acids is 1. The Labute approximate surface area is 179 Å². The van der Waals surface area contributed by atoms with Gasteiger partial charge in [-0.15, -0.1) is 0 Å². The van der Waals surface area contributed by atoms with E-state index in [2.05, 4.69) is 18.7 Å². The van der Waals surface area contributed by atoms with E-state index in [4.69, 9.17) is 34.3 Å². The smallest absolute Gasteiger partial charge is 0.410 e. The standard InChI is InChI=1S/C21H32ClN3O2S/c1-14-12-24(6-7-25(14)20(26)27-21(3,4)5)13-17-9-18(22)8-16(15(17)2)10-19(28)11-23/h8-9,14H,6-7,10-13,23H2,1-5H3/t14-/m0/s1. The lowest BCUT2D eigenvalue weighted by Gasteiger charge is -2.40. The predicted molar refractivity (Wildman–Crippen MR) is 119 cm³/mol. The third-order valence-electron chi connectivity index (χ3n) is 4.94. The van der Waals surface area contributed by atoms with Crippen LogP contribution in [0.3, 0.4) is 0 Å². The van der Waals surface area contributed by atoms with Gasteiger partial charge in [-0.3, -0.25) is 4.90 Å². The van der Waals surface area contributed by atoms with Crippen molar-refractivity contribution in [1.82, 2.24) is 9.80 Å². The van der Waals surface area contributed by atoms with E-state index in [0.29, 0.717) is 19.5 Å². The zero-order chi connectivity index (χ0) is 21.1. The molecule has 0 radical (unpaired) electrons. The van der Waals surface area contributed by atoms with Gasteiger partial charge in [-0.1, -0.05) is 23.8 Å². The second-order valence-electron chi connectivity index (χ2n) is 8.53. The van der Waals surface area contributed by atoms with Crippen LogP contribution >= 0.6 is 23.8 Å². The summed E-state index contributed by atoms with van der Waals surface area (Å²) in [7, 11) is 0. The molecular weight excluding hydrogens is 394 g/mol. The van der Waals surface area contributed by atoms with Gasteiger partial charge in [-0.05, 0) is 63.4 Å². The second kappa shape index (κ2) is 9.53. The number of rotatable bonds is 5. The predicted octanol–water partition coefficient (Wildman–Crippen LogP) is 3.96. The summed E-state index contributed by atoms with van der Waals surface area (Å²) in [5.41, 5.74) is 8.72. The molecule has 1 saturated heterocycles. The van der Waals surface area contributed by atoms with Crippen LogP contribution < -0.4 is 5.73 Å². The first-order chi connectivity index (χ1) is 13.0. The van der Waals surface area contributed by atoms with E-state index >= 15 is 0 Å². The van der Waals surface area contributed by atoms with Crippen molar-refractivity contribution in [3.8, 4) is 0 Å². The molecule has 1 aliphatic heterocycles. The van der Waals surface area contributed by atoms with Crippen LogP contribution in [-0.2, 0) is 17.7 Å². The van der Waals surface area contributed by atoms with E-state index in [-0.39, 0.29) is 12.1 Å². The van der Waals surface area contributed by atoms with Gasteiger partial charge < -0.3 is 15.4 Å². The van der Waals surface area contributed by atoms with Gasteiger partial charge in [0.1, 0.15) is 5.60 Å². The molecule has 5 nitrogen and oxygen atoms in total. The van der Waals surface area contributed by atoms with E-state index in [1.54, 1.807) is 0 Å². The van der Waals surface area contributed by atoms with Gasteiger partial charge in [0.15, 0.2) is 0 Å². The van der Waals surface area contributed by atoms with Gasteiger partial charge in [0.2, 0.25) is 0 Å². The Hall–Kier alpha value is -1.21. The molecule has 0 aromatic heterocycles. The maximum absolute atomic E-state index is 12.4. The Bertz CT molecular complexity index is 733. The van der Waals surface area contributed by atoms with Crippen LogP contribution in [0.5, 0.6) is 0 Å². The van der Waals surface area contributed by atoms with Crippen molar-refractivity contribution in [2.24, 2.45) is 5.73 Å². The van der Waals surface area contributed by atoms with Crippen LogP contribution in [0.1, 0.15) is 44.4 Å². The highest BCUT2D eigenvalue weighted by Gasteiger charge is 2.31. The minimum absolute atomic E-state index is 0.0902. The molecule has 1 amide bonds. The highest BCUT2D eigenvalue weighted by atomic mass is 35.5. The quantitative estimate of drug-likeness (QED) is 0.723. The molecule has 7 heteroatoms. The number of benzene rings is 1. The van der Waals surface area contributed by atoms with Gasteiger partial charge in [-0.25, -0.2) is 4.79 Å². The number of hydrogen-bond donors (Lipinski definition) is 1. The van der Waals surface area contributed by atoms with Crippen molar-refractivity contribution < 1.29 is 9.53 Å². The van der Waals surface area contributed by atoms with Crippen molar-refractivity contribution in [2.45, 2.75) is 59.2 Å². The van der Waals surface area contributed by atoms with Crippen LogP contribution in [0.25, 0.3) is 0 Å². The first-order valence-corrected chi connectivity index (χ1v) is 10.5. The molecule has 0 unspecified atom stereocenters. The van der Waals surface area contributed by atoms with Crippen LogP contribution in [0.15, 0.2) is 12.1 Å². The second-order valence-corrected chi connectivity index (χ2v) is 9.54. The van der Waals surface area contributed by atoms with E-state index in [0.717, 1.165) is 35.1 Å². The molecule has 2 N–H and O–H groups in total. The molecule has 1 aromatic carbocycles. The van der Waals surface area contributed by atoms with Crippen LogP contribution in [-0.4, -0.2) is 58.6 Å². The fourth-order valence-electron chi connectivity index (χ4n) is 3.44. The Balaban J connectivity index is 2.06. The van der Waals surface area contributed by atoms with Gasteiger partial charge in [0.25, 0.3) is 0 Å². The van der Waals surface area contributed by atoms with E-state index < -0.39 is 5.60 Å². The third-order valence-corrected chi connectivity index (χ3v) is 5.47. The number of nitrogens with zero attached hydrogens (tertiary/aromatic N) is 2. The average molecular weight is 426 g/mol. The van der Waals surface area contributed by atoms with Gasteiger partial charge in [-0.2, -0.15) is 0 Å². The van der Waals surface area contributed by atoms with Crippen LogP contribution in [0.2, 0.25) is 5.02 Å². The van der Waals surface area contributed by atoms with Crippen LogP contribution in [0, 0.1) is 6.92 Å². The Kier molecular flexibility index (Phi) is 7.85. The molecule has 0 bridgehead atoms. The van der Waals surface area contributed by atoms with E-state index in [1.807, 2.05) is 37.8 Å². The normalized spacial score (nSPS) is 18.2. The third kappa shape index (κ3) is 6.41. The molecule has 1 aromatic rings. The molecule has 1 aliphatic rings. The molecule has 0 spiro atoms. The highest BCUT2D eigenvalue weighted by Crippen LogP contribution is 2.24. The summed E-state index contributed by atoms with van der Waals surface area (Å²) >= 11 is 11.7. The number of hydrogen-bond acceptors (Lipinski definition) is 5. The van der Waals surface area contributed by atoms with Crippen LogP contribution in [0.4, 0.5) is 4.79 Å². The lowest BCUT2D eigenvalue weighted by molar-refractivity contribution is 0.000538. The first-order valence-electron chi connectivity index (χ1n) is 9.71. The number of nitrogens with two attached hydrogens (primary N) is 1. The molecule has 2 rings (SSSR count). The van der Waals surface area contributed by atoms with Crippen molar-refractivity contribution in [3.05, 3.63) is 33.8 Å². The summed E-state index contributed by atoms with van der Waals surface area (Å²) in [4.78, 5) is 17.4. The minimum Gasteiger partial charge on any atom is -0.444 e. The number of amides is 1. The largest absolute Gasteiger partial charge is 0.444 e. The Morgan fingerprint density at radius 2 is 1.96 bits per heavy atom. The maximum atomic E-state index is 12.4. The van der Waals surface area contributed by atoms with Crippen molar-refractivity contribution in [1.29, 1.82) is 0 Å². The summed E-state index contributed by atoms with van der Waals surface area (Å²) in [6.07, 6.45) is 0.435. The zero-order valence-electron chi connectivity index (χ0n) is 17.5. The summed E-state index contributed by atoms with van der Waals surface area (Å²) in [5.74, 6) is 0. The summed E-state index contributed by atoms with van der Waals surface area (Å²) in [6, 6.07) is 4.09. The molecule has 28 heavy (non-hydrogen) atoms. The molecule has 0 aliphatic carbocycles. The van der Waals surface area contributed by atoms with Crippen molar-refractivity contribution in [3.63, 3.8) is 0 Å². The monoisotopic (exact) mass is 425 g/mol. The molecular formula is C21H32ClN3O2S. The van der Waals surface area contributed by atoms with E-state index in [9.17, 15) is 4.79 Å². The number of carbonyl (C=O) groups is 1. The number of ether oxygens (including phenoxy) is 1. The first kappa shape index (κ1) is 23.1. The number of thiocarbonyl (C=S) groups is 1. The van der Waals surface area contributed by atoms with Crippen molar-refractivity contribution in [2.75, 3.05) is 26.2 Å². The summed E-state index contributed by atoms with van der Waals surface area (Å²) < 4.78 is 5.53. The fourth-order valence-corrected chi connectivity index (χ4v) is 3.86. The van der Waals surface area contributed by atoms with Crippen molar-refractivity contribution >= 4 is 34.8 Å². The van der Waals surface area contributed by atoms with Gasteiger partial charge >= 0.3 is 6.09 Å². The summed E-state index contributed by atoms with van der Waals surface area (Å²) in [6.45, 7) is 13.3. The SMILES string of the molecule is Cc1c(CC(=S)CN)cc(Cl)cc1CN1CCN(C(=O)OC(C)(C)C)[C@@H](C)C1. The summed E-state index contributed by atoms with van der Waals surface area (Å²) in [5, 5.41) is 0.718. The van der Waals surface area contributed by atoms with Gasteiger partial charge in [0.05, 0.1) is 0 Å². The molecule has 1 fully saturated rings. The zero-order valence-corrected chi connectivity index (χ0v) is 19.1. The molecule has 1 atom stereocenters. The lowest BCUT2D eigenvalue weighted by Crippen LogP contribution is -2.54. The lowest BCUT2D eigenvalue weighted by atomic mass is 9.98. The number of piperazine rings is 1. The average Bonchev–Trinajstić information content (AvgIpc) is 2.57.